The zero-order valence-electron chi connectivity index (χ0n) is 14.3. The van der Waals surface area contributed by atoms with Crippen molar-refractivity contribution in [2.45, 2.75) is 24.0 Å². The summed E-state index contributed by atoms with van der Waals surface area (Å²) in [5, 5.41) is 3.58. The number of hydrogen-bond acceptors (Lipinski definition) is 6. The summed E-state index contributed by atoms with van der Waals surface area (Å²) in [6, 6.07) is 12.4. The number of aromatic nitrogens is 2. The van der Waals surface area contributed by atoms with Crippen molar-refractivity contribution < 1.29 is 12.8 Å². The van der Waals surface area contributed by atoms with E-state index in [0.717, 1.165) is 27.8 Å². The van der Waals surface area contributed by atoms with Crippen molar-refractivity contribution in [2.24, 2.45) is 0 Å². The molecule has 0 radical (unpaired) electrons. The van der Waals surface area contributed by atoms with Crippen LogP contribution in [0.15, 0.2) is 64.4 Å². The van der Waals surface area contributed by atoms with Crippen molar-refractivity contribution >= 4 is 43.2 Å². The lowest BCUT2D eigenvalue weighted by Crippen LogP contribution is -2.13. The average molecular weight is 367 g/mol. The molecule has 0 saturated carbocycles. The predicted octanol–water partition coefficient (Wildman–Crippen LogP) is 4.30. The molecule has 26 heavy (non-hydrogen) atoms. The van der Waals surface area contributed by atoms with E-state index < -0.39 is 15.1 Å². The van der Waals surface area contributed by atoms with Crippen LogP contribution in [0.3, 0.4) is 0 Å². The fraction of sp³-hybridized carbons (Fsp3) is 0.158. The largest absolute Gasteiger partial charge is 0.443 e. The van der Waals surface area contributed by atoms with Crippen molar-refractivity contribution in [1.82, 2.24) is 9.97 Å². The Morgan fingerprint density at radius 2 is 1.85 bits per heavy atom. The lowest BCUT2D eigenvalue weighted by atomic mass is 10.2. The summed E-state index contributed by atoms with van der Waals surface area (Å²) in [4.78, 5) is 8.78. The molecule has 0 atom stereocenters. The van der Waals surface area contributed by atoms with Gasteiger partial charge < -0.3 is 9.73 Å². The number of rotatable bonds is 4. The Labute approximate surface area is 150 Å². The summed E-state index contributed by atoms with van der Waals surface area (Å²) in [6.07, 6.45) is 3.09. The zero-order chi connectivity index (χ0) is 18.3. The molecule has 4 rings (SSSR count). The van der Waals surface area contributed by atoms with Crippen LogP contribution in [-0.2, 0) is 9.84 Å². The summed E-state index contributed by atoms with van der Waals surface area (Å²) in [6.45, 7) is 3.35. The van der Waals surface area contributed by atoms with Crippen molar-refractivity contribution in [2.75, 3.05) is 5.32 Å². The van der Waals surface area contributed by atoms with Gasteiger partial charge in [0.15, 0.2) is 21.8 Å². The third kappa shape index (κ3) is 2.80. The summed E-state index contributed by atoms with van der Waals surface area (Å²) in [5.41, 5.74) is 3.78. The number of pyridine rings is 1. The first-order chi connectivity index (χ1) is 12.4. The van der Waals surface area contributed by atoms with Crippen molar-refractivity contribution in [3.05, 3.63) is 55.1 Å². The van der Waals surface area contributed by atoms with E-state index in [0.29, 0.717) is 10.5 Å². The molecule has 0 aliphatic carbocycles. The maximum absolute atomic E-state index is 12.5. The van der Waals surface area contributed by atoms with Crippen LogP contribution < -0.4 is 5.32 Å². The summed E-state index contributed by atoms with van der Waals surface area (Å²) >= 11 is 0. The van der Waals surface area contributed by atoms with Gasteiger partial charge in [-0.05, 0) is 56.3 Å². The van der Waals surface area contributed by atoms with Gasteiger partial charge >= 0.3 is 0 Å². The normalized spacial score (nSPS) is 12.1. The Bertz CT molecular complexity index is 1210. The fourth-order valence-electron chi connectivity index (χ4n) is 2.77. The average Bonchev–Trinajstić information content (AvgIpc) is 3.09. The van der Waals surface area contributed by atoms with Gasteiger partial charge in [0.2, 0.25) is 0 Å². The molecule has 7 heteroatoms. The highest BCUT2D eigenvalue weighted by molar-refractivity contribution is 7.92. The molecule has 2 aromatic carbocycles. The maximum Gasteiger partial charge on any atom is 0.181 e. The quantitative estimate of drug-likeness (QED) is 0.579. The molecule has 4 aromatic rings. The van der Waals surface area contributed by atoms with Gasteiger partial charge in [-0.25, -0.2) is 13.4 Å². The van der Waals surface area contributed by atoms with E-state index in [4.69, 9.17) is 4.42 Å². The van der Waals surface area contributed by atoms with Crippen LogP contribution in [0, 0.1) is 0 Å². The van der Waals surface area contributed by atoms with E-state index in [2.05, 4.69) is 15.3 Å². The van der Waals surface area contributed by atoms with E-state index in [1.165, 1.54) is 6.39 Å². The minimum atomic E-state index is -3.36. The lowest BCUT2D eigenvalue weighted by Gasteiger charge is -2.12. The van der Waals surface area contributed by atoms with Gasteiger partial charge in [-0.2, -0.15) is 0 Å². The minimum absolute atomic E-state index is 0.294. The molecule has 132 valence electrons. The fourth-order valence-corrected chi connectivity index (χ4v) is 3.86. The molecule has 0 fully saturated rings. The number of anilines is 2. The summed E-state index contributed by atoms with van der Waals surface area (Å²) in [5.74, 6) is 0. The van der Waals surface area contributed by atoms with E-state index in [1.54, 1.807) is 38.2 Å². The van der Waals surface area contributed by atoms with E-state index in [1.807, 2.05) is 24.3 Å². The molecule has 0 amide bonds. The first-order valence-corrected chi connectivity index (χ1v) is 9.73. The van der Waals surface area contributed by atoms with E-state index in [-0.39, 0.29) is 0 Å². The van der Waals surface area contributed by atoms with Gasteiger partial charge in [0.25, 0.3) is 0 Å². The van der Waals surface area contributed by atoms with Crippen molar-refractivity contribution in [3.8, 4) is 0 Å². The first-order valence-electron chi connectivity index (χ1n) is 8.18. The predicted molar refractivity (Wildman–Crippen MR) is 101 cm³/mol. The first kappa shape index (κ1) is 16.5. The molecule has 0 unspecified atom stereocenters. The third-order valence-electron chi connectivity index (χ3n) is 4.27. The van der Waals surface area contributed by atoms with E-state index in [9.17, 15) is 8.42 Å². The molecule has 0 aliphatic heterocycles. The number of nitrogens with one attached hydrogen (secondary N) is 1. The molecular weight excluding hydrogens is 350 g/mol. The van der Waals surface area contributed by atoms with Gasteiger partial charge in [0.1, 0.15) is 5.52 Å². The van der Waals surface area contributed by atoms with Gasteiger partial charge in [0, 0.05) is 23.0 Å². The van der Waals surface area contributed by atoms with Crippen LogP contribution >= 0.6 is 0 Å². The lowest BCUT2D eigenvalue weighted by molar-refractivity contribution is 0.587. The van der Waals surface area contributed by atoms with Crippen LogP contribution in [0.4, 0.5) is 11.4 Å². The minimum Gasteiger partial charge on any atom is -0.443 e. The number of benzene rings is 2. The Morgan fingerprint density at radius 3 is 2.65 bits per heavy atom. The molecule has 0 bridgehead atoms. The summed E-state index contributed by atoms with van der Waals surface area (Å²) in [7, 11) is -3.36. The van der Waals surface area contributed by atoms with Crippen LogP contribution in [-0.4, -0.2) is 23.6 Å². The van der Waals surface area contributed by atoms with Crippen molar-refractivity contribution in [3.63, 3.8) is 0 Å². The molecular formula is C19H17N3O3S. The highest BCUT2D eigenvalue weighted by Gasteiger charge is 2.20. The number of fused-ring (bicyclic) bond motifs is 2. The second-order valence-corrected chi connectivity index (χ2v) is 8.80. The second-order valence-electron chi connectivity index (χ2n) is 6.29. The Hall–Kier alpha value is -2.93. The standard InChI is InChI=1S/C19H17N3O3S/c1-12(2)26(23,24)14-4-5-16-15(10-14)17(7-8-20-16)22-13-3-6-19-18(9-13)21-11-25-19/h3-12H,1-2H3,(H,20,22). The number of nitrogens with zero attached hydrogens (tertiary/aromatic N) is 2. The molecule has 6 nitrogen and oxygen atoms in total. The number of sulfone groups is 1. The molecule has 0 spiro atoms. The van der Waals surface area contributed by atoms with Crippen molar-refractivity contribution in [1.29, 1.82) is 0 Å². The van der Waals surface area contributed by atoms with Crippen LogP contribution in [0.2, 0.25) is 0 Å². The number of hydrogen-bond donors (Lipinski definition) is 1. The second kappa shape index (κ2) is 6.10. The van der Waals surface area contributed by atoms with Gasteiger partial charge in [0.05, 0.1) is 15.7 Å². The monoisotopic (exact) mass is 367 g/mol. The Kier molecular flexibility index (Phi) is 3.88. The van der Waals surface area contributed by atoms with E-state index >= 15 is 0 Å². The molecule has 2 aromatic heterocycles. The van der Waals surface area contributed by atoms with Gasteiger partial charge in [-0.15, -0.1) is 0 Å². The van der Waals surface area contributed by atoms with Gasteiger partial charge in [-0.1, -0.05) is 0 Å². The SMILES string of the molecule is CC(C)S(=O)(=O)c1ccc2nccc(Nc3ccc4ocnc4c3)c2c1. The number of oxazole rings is 1. The molecule has 0 aliphatic rings. The molecule has 0 saturated heterocycles. The maximum atomic E-state index is 12.5. The smallest absolute Gasteiger partial charge is 0.181 e. The summed E-state index contributed by atoms with van der Waals surface area (Å²) < 4.78 is 30.3. The Morgan fingerprint density at radius 1 is 1.00 bits per heavy atom. The van der Waals surface area contributed by atoms with Crippen LogP contribution in [0.25, 0.3) is 22.0 Å². The highest BCUT2D eigenvalue weighted by Crippen LogP contribution is 2.29. The Balaban J connectivity index is 1.81. The molecule has 1 N–H and O–H groups in total. The highest BCUT2D eigenvalue weighted by atomic mass is 32.2. The van der Waals surface area contributed by atoms with Crippen LogP contribution in [0.5, 0.6) is 0 Å². The molecule has 2 heterocycles. The van der Waals surface area contributed by atoms with Gasteiger partial charge in [-0.3, -0.25) is 4.98 Å². The zero-order valence-corrected chi connectivity index (χ0v) is 15.1. The topological polar surface area (TPSA) is 85.1 Å². The van der Waals surface area contributed by atoms with Crippen LogP contribution in [0.1, 0.15) is 13.8 Å². The third-order valence-corrected chi connectivity index (χ3v) is 6.42.